The summed E-state index contributed by atoms with van der Waals surface area (Å²) in [5.41, 5.74) is 3.23. The molecule has 0 radical (unpaired) electrons. The summed E-state index contributed by atoms with van der Waals surface area (Å²) in [6.07, 6.45) is 3.69. The SMILES string of the molecule is Cn1cccc1C(=O)Nc1ccc(-c2cc(C3CC3)n(C(=O)NCc3cccc(F)c3)n2)c(O)c1. The molecular weight excluding hydrogens is 449 g/mol. The Labute approximate surface area is 201 Å². The second kappa shape index (κ2) is 9.09. The van der Waals surface area contributed by atoms with Crippen molar-refractivity contribution in [2.75, 3.05) is 5.32 Å². The number of halogens is 1. The third kappa shape index (κ3) is 4.79. The molecule has 0 unspecified atom stereocenters. The van der Waals surface area contributed by atoms with Gasteiger partial charge in [0.15, 0.2) is 0 Å². The van der Waals surface area contributed by atoms with Crippen LogP contribution in [0, 0.1) is 5.82 Å². The first-order valence-corrected chi connectivity index (χ1v) is 11.3. The van der Waals surface area contributed by atoms with Gasteiger partial charge in [0.2, 0.25) is 0 Å². The first-order valence-electron chi connectivity index (χ1n) is 11.3. The molecule has 1 saturated carbocycles. The summed E-state index contributed by atoms with van der Waals surface area (Å²) < 4.78 is 16.5. The lowest BCUT2D eigenvalue weighted by molar-refractivity contribution is 0.101. The quantitative estimate of drug-likeness (QED) is 0.380. The van der Waals surface area contributed by atoms with Crippen molar-refractivity contribution in [2.24, 2.45) is 7.05 Å². The van der Waals surface area contributed by atoms with E-state index in [9.17, 15) is 19.1 Å². The number of benzene rings is 2. The van der Waals surface area contributed by atoms with Crippen LogP contribution in [0.4, 0.5) is 14.9 Å². The minimum absolute atomic E-state index is 0.0677. The van der Waals surface area contributed by atoms with E-state index in [2.05, 4.69) is 15.7 Å². The first kappa shape index (κ1) is 22.4. The molecule has 0 spiro atoms. The van der Waals surface area contributed by atoms with E-state index >= 15 is 0 Å². The molecule has 1 aliphatic rings. The third-order valence-electron chi connectivity index (χ3n) is 5.97. The lowest BCUT2D eigenvalue weighted by atomic mass is 10.1. The monoisotopic (exact) mass is 473 g/mol. The summed E-state index contributed by atoms with van der Waals surface area (Å²) in [4.78, 5) is 25.3. The van der Waals surface area contributed by atoms with Gasteiger partial charge in [-0.3, -0.25) is 4.79 Å². The Balaban J connectivity index is 1.35. The molecule has 4 aromatic rings. The van der Waals surface area contributed by atoms with Crippen LogP contribution < -0.4 is 10.6 Å². The van der Waals surface area contributed by atoms with Crippen LogP contribution in [0.25, 0.3) is 11.3 Å². The molecule has 3 N–H and O–H groups in total. The van der Waals surface area contributed by atoms with E-state index < -0.39 is 6.03 Å². The van der Waals surface area contributed by atoms with Gasteiger partial charge in [-0.25, -0.2) is 9.18 Å². The summed E-state index contributed by atoms with van der Waals surface area (Å²) in [6, 6.07) is 15.7. The van der Waals surface area contributed by atoms with Crippen LogP contribution in [-0.4, -0.2) is 31.4 Å². The average molecular weight is 474 g/mol. The van der Waals surface area contributed by atoms with E-state index in [1.165, 1.54) is 22.9 Å². The second-order valence-electron chi connectivity index (χ2n) is 8.62. The highest BCUT2D eigenvalue weighted by Gasteiger charge is 2.30. The molecule has 35 heavy (non-hydrogen) atoms. The maximum absolute atomic E-state index is 13.4. The van der Waals surface area contributed by atoms with Crippen LogP contribution in [0.1, 0.15) is 40.5 Å². The van der Waals surface area contributed by atoms with Gasteiger partial charge in [0.1, 0.15) is 17.3 Å². The van der Waals surface area contributed by atoms with Gasteiger partial charge in [-0.05, 0) is 60.9 Å². The number of hydrogen-bond donors (Lipinski definition) is 3. The zero-order valence-corrected chi connectivity index (χ0v) is 19.0. The van der Waals surface area contributed by atoms with Gasteiger partial charge in [0.25, 0.3) is 5.91 Å². The largest absolute Gasteiger partial charge is 0.507 e. The summed E-state index contributed by atoms with van der Waals surface area (Å²) in [6.45, 7) is 0.163. The third-order valence-corrected chi connectivity index (χ3v) is 5.97. The number of carbonyl (C=O) groups excluding carboxylic acids is 2. The van der Waals surface area contributed by atoms with Gasteiger partial charge in [-0.1, -0.05) is 12.1 Å². The number of nitrogens with zero attached hydrogens (tertiary/aromatic N) is 3. The predicted molar refractivity (Wildman–Crippen MR) is 129 cm³/mol. The molecular formula is C26H24FN5O3. The van der Waals surface area contributed by atoms with Gasteiger partial charge in [-0.15, -0.1) is 0 Å². The Bertz CT molecular complexity index is 1420. The number of rotatable bonds is 6. The van der Waals surface area contributed by atoms with Crippen LogP contribution in [0.15, 0.2) is 66.9 Å². The number of aromatic hydroxyl groups is 1. The van der Waals surface area contributed by atoms with E-state index in [1.807, 2.05) is 0 Å². The Morgan fingerprint density at radius 1 is 1.11 bits per heavy atom. The highest BCUT2D eigenvalue weighted by molar-refractivity contribution is 6.03. The van der Waals surface area contributed by atoms with Gasteiger partial charge in [-0.2, -0.15) is 9.78 Å². The molecule has 2 aromatic carbocycles. The van der Waals surface area contributed by atoms with Crippen LogP contribution in [-0.2, 0) is 13.6 Å². The van der Waals surface area contributed by atoms with Crippen LogP contribution in [0.2, 0.25) is 0 Å². The standard InChI is InChI=1S/C26H24FN5O3/c1-31-11-3-6-22(31)25(34)29-19-9-10-20(24(33)13-19)21-14-23(17-7-8-17)32(30-21)26(35)28-15-16-4-2-5-18(27)12-16/h2-6,9-14,17,33H,7-8,15H2,1H3,(H,28,35)(H,29,34). The molecule has 9 heteroatoms. The van der Waals surface area contributed by atoms with E-state index in [0.29, 0.717) is 28.2 Å². The fraction of sp³-hybridized carbons (Fsp3) is 0.192. The van der Waals surface area contributed by atoms with Crippen molar-refractivity contribution >= 4 is 17.6 Å². The molecule has 0 aliphatic heterocycles. The summed E-state index contributed by atoms with van der Waals surface area (Å²) in [5.74, 6) is -0.500. The number of aryl methyl sites for hydroxylation is 1. The highest BCUT2D eigenvalue weighted by atomic mass is 19.1. The van der Waals surface area contributed by atoms with Gasteiger partial charge < -0.3 is 20.3 Å². The molecule has 1 aliphatic carbocycles. The predicted octanol–water partition coefficient (Wildman–Crippen LogP) is 4.62. The van der Waals surface area contributed by atoms with Gasteiger partial charge in [0.05, 0.1) is 11.4 Å². The number of aromatic nitrogens is 3. The maximum Gasteiger partial charge on any atom is 0.342 e. The summed E-state index contributed by atoms with van der Waals surface area (Å²) in [5, 5.41) is 20.7. The van der Waals surface area contributed by atoms with E-state index in [1.54, 1.807) is 60.3 Å². The van der Waals surface area contributed by atoms with Crippen molar-refractivity contribution < 1.29 is 19.1 Å². The Morgan fingerprint density at radius 2 is 1.94 bits per heavy atom. The smallest absolute Gasteiger partial charge is 0.342 e. The first-order chi connectivity index (χ1) is 16.9. The molecule has 2 heterocycles. The van der Waals surface area contributed by atoms with Crippen molar-refractivity contribution in [3.63, 3.8) is 0 Å². The maximum atomic E-state index is 13.4. The topological polar surface area (TPSA) is 101 Å². The molecule has 0 saturated heterocycles. The number of phenolic OH excluding ortho intramolecular Hbond substituents is 1. The second-order valence-corrected chi connectivity index (χ2v) is 8.62. The van der Waals surface area contributed by atoms with E-state index in [-0.39, 0.29) is 29.9 Å². The van der Waals surface area contributed by atoms with Crippen LogP contribution in [0.5, 0.6) is 5.75 Å². The molecule has 1 fully saturated rings. The molecule has 0 bridgehead atoms. The number of nitrogens with one attached hydrogen (secondary N) is 2. The molecule has 2 amide bonds. The van der Waals surface area contributed by atoms with Crippen molar-refractivity contribution in [3.05, 3.63) is 89.6 Å². The van der Waals surface area contributed by atoms with Crippen molar-refractivity contribution in [1.82, 2.24) is 19.7 Å². The molecule has 178 valence electrons. The molecule has 8 nitrogen and oxygen atoms in total. The normalized spacial score (nSPS) is 13.0. The van der Waals surface area contributed by atoms with Crippen molar-refractivity contribution in [2.45, 2.75) is 25.3 Å². The average Bonchev–Trinajstić information content (AvgIpc) is 3.43. The molecule has 2 aromatic heterocycles. The summed E-state index contributed by atoms with van der Waals surface area (Å²) >= 11 is 0. The van der Waals surface area contributed by atoms with E-state index in [0.717, 1.165) is 18.5 Å². The lowest BCUT2D eigenvalue weighted by Crippen LogP contribution is -2.30. The number of carbonyl (C=O) groups is 2. The zero-order valence-electron chi connectivity index (χ0n) is 19.0. The Morgan fingerprint density at radius 3 is 2.63 bits per heavy atom. The van der Waals surface area contributed by atoms with E-state index in [4.69, 9.17) is 0 Å². The van der Waals surface area contributed by atoms with Gasteiger partial charge in [0, 0.05) is 43.0 Å². The lowest BCUT2D eigenvalue weighted by Gasteiger charge is -2.09. The number of anilines is 1. The minimum Gasteiger partial charge on any atom is -0.507 e. The Kier molecular flexibility index (Phi) is 5.82. The number of amides is 2. The Hall–Kier alpha value is -4.40. The molecule has 5 rings (SSSR count). The van der Waals surface area contributed by atoms with Gasteiger partial charge >= 0.3 is 6.03 Å². The fourth-order valence-corrected chi connectivity index (χ4v) is 3.98. The molecule has 0 atom stereocenters. The van der Waals surface area contributed by atoms with Crippen LogP contribution >= 0.6 is 0 Å². The van der Waals surface area contributed by atoms with Crippen molar-refractivity contribution in [3.8, 4) is 17.0 Å². The number of phenols is 1. The minimum atomic E-state index is -0.423. The zero-order chi connectivity index (χ0) is 24.5. The van der Waals surface area contributed by atoms with Crippen molar-refractivity contribution in [1.29, 1.82) is 0 Å². The summed E-state index contributed by atoms with van der Waals surface area (Å²) in [7, 11) is 1.78. The fourth-order valence-electron chi connectivity index (χ4n) is 3.98. The highest BCUT2D eigenvalue weighted by Crippen LogP contribution is 2.42. The van der Waals surface area contributed by atoms with Crippen LogP contribution in [0.3, 0.4) is 0 Å². The number of hydrogen-bond acceptors (Lipinski definition) is 4.